The number of rotatable bonds is 3. The van der Waals surface area contributed by atoms with E-state index in [1.807, 2.05) is 0 Å². The van der Waals surface area contributed by atoms with Crippen molar-refractivity contribution < 1.29 is 4.52 Å². The van der Waals surface area contributed by atoms with Gasteiger partial charge in [-0.2, -0.15) is 0 Å². The van der Waals surface area contributed by atoms with Crippen molar-refractivity contribution in [3.05, 3.63) is 0 Å². The zero-order chi connectivity index (χ0) is 6.62. The second-order valence-corrected chi connectivity index (χ2v) is 6.08. The van der Waals surface area contributed by atoms with Crippen LogP contribution >= 0.6 is 6.26 Å². The van der Waals surface area contributed by atoms with E-state index < -0.39 is 6.26 Å². The van der Waals surface area contributed by atoms with Crippen LogP contribution in [-0.2, 0) is 16.3 Å². The molecule has 0 aliphatic rings. The second kappa shape index (κ2) is 3.54. The molecule has 0 amide bonds. The van der Waals surface area contributed by atoms with Crippen molar-refractivity contribution in [1.29, 1.82) is 0 Å². The topological polar surface area (TPSA) is 61.3 Å². The smallest absolute Gasteiger partial charge is 0.0925 e. The van der Waals surface area contributed by atoms with Gasteiger partial charge in [-0.1, -0.05) is 11.8 Å². The van der Waals surface area contributed by atoms with Gasteiger partial charge in [0.15, 0.2) is 0 Å². The maximum absolute atomic E-state index is 5.27. The molecule has 0 rings (SSSR count). The molecule has 50 valence electrons. The third-order valence-electron chi connectivity index (χ3n) is 0.889. The molecule has 0 aromatic carbocycles. The zero-order valence-corrected chi connectivity index (χ0v) is 6.54. The zero-order valence-electron chi connectivity index (χ0n) is 4.83. The maximum Gasteiger partial charge on any atom is 0.0925 e. The summed E-state index contributed by atoms with van der Waals surface area (Å²) in [5.41, 5.74) is 10.5. The van der Waals surface area contributed by atoms with E-state index in [1.165, 1.54) is 0 Å². The van der Waals surface area contributed by atoms with Gasteiger partial charge in [-0.3, -0.25) is 0 Å². The summed E-state index contributed by atoms with van der Waals surface area (Å²) < 4.78 is 4.91. The van der Waals surface area contributed by atoms with Gasteiger partial charge in [-0.25, -0.2) is 0 Å². The largest absolute Gasteiger partial charge is 0.351 e. The first kappa shape index (κ1) is 8.53. The lowest BCUT2D eigenvalue weighted by molar-refractivity contribution is 0.459. The van der Waals surface area contributed by atoms with Crippen LogP contribution in [0.15, 0.2) is 0 Å². The van der Waals surface area contributed by atoms with Crippen LogP contribution < -0.4 is 11.5 Å². The van der Waals surface area contributed by atoms with Crippen molar-refractivity contribution in [3.8, 4) is 0 Å². The monoisotopic (exact) mass is 154 g/mol. The molecule has 0 unspecified atom stereocenters. The van der Waals surface area contributed by atoms with E-state index in [1.54, 1.807) is 7.11 Å². The maximum atomic E-state index is 5.27. The highest BCUT2D eigenvalue weighted by atomic mass is 32.4. The Balaban J connectivity index is 3.79. The Labute approximate surface area is 54.5 Å². The third-order valence-corrected chi connectivity index (χ3v) is 4.01. The van der Waals surface area contributed by atoms with E-state index in [0.29, 0.717) is 12.6 Å². The normalized spacial score (nSPS) is 11.9. The van der Waals surface area contributed by atoms with Crippen LogP contribution in [0.25, 0.3) is 0 Å². The SMILES string of the molecule is COP(=S)(CN)CN. The Morgan fingerprint density at radius 1 is 1.50 bits per heavy atom. The van der Waals surface area contributed by atoms with Gasteiger partial charge in [0.05, 0.1) is 6.26 Å². The first-order valence-corrected chi connectivity index (χ1v) is 5.31. The Kier molecular flexibility index (Phi) is 3.77. The molecule has 0 saturated carbocycles. The number of hydrogen-bond acceptors (Lipinski definition) is 4. The number of hydrogen-bond donors (Lipinski definition) is 2. The molecule has 0 aliphatic heterocycles. The molecule has 0 aromatic heterocycles. The molecule has 0 radical (unpaired) electrons. The lowest BCUT2D eigenvalue weighted by Crippen LogP contribution is -2.10. The molecule has 3 nitrogen and oxygen atoms in total. The summed E-state index contributed by atoms with van der Waals surface area (Å²) in [5, 5.41) is 0. The summed E-state index contributed by atoms with van der Waals surface area (Å²) in [6.07, 6.45) is -0.977. The average molecular weight is 154 g/mol. The molecular formula is C3H11N2OPS. The van der Waals surface area contributed by atoms with E-state index >= 15 is 0 Å². The van der Waals surface area contributed by atoms with Crippen molar-refractivity contribution in [2.75, 3.05) is 19.7 Å². The van der Waals surface area contributed by atoms with Crippen LogP contribution in [0, 0.1) is 0 Å². The summed E-state index contributed by atoms with van der Waals surface area (Å²) >= 11 is 4.94. The summed E-state index contributed by atoms with van der Waals surface area (Å²) in [4.78, 5) is 0. The van der Waals surface area contributed by atoms with Crippen LogP contribution in [-0.4, -0.2) is 19.7 Å². The molecule has 0 heterocycles. The number of nitrogens with two attached hydrogens (primary N) is 2. The summed E-state index contributed by atoms with van der Waals surface area (Å²) in [5.74, 6) is 0. The van der Waals surface area contributed by atoms with Gasteiger partial charge in [0.2, 0.25) is 0 Å². The molecule has 0 bridgehead atoms. The summed E-state index contributed by atoms with van der Waals surface area (Å²) in [7, 11) is 1.56. The summed E-state index contributed by atoms with van der Waals surface area (Å²) in [6.45, 7) is 0. The fourth-order valence-electron chi connectivity index (χ4n) is 0.224. The average Bonchev–Trinajstić information content (AvgIpc) is 1.87. The first-order valence-electron chi connectivity index (χ1n) is 2.22. The Morgan fingerprint density at radius 3 is 1.88 bits per heavy atom. The molecule has 0 fully saturated rings. The lowest BCUT2D eigenvalue weighted by Gasteiger charge is -2.13. The molecule has 0 atom stereocenters. The van der Waals surface area contributed by atoms with Crippen LogP contribution in [0.3, 0.4) is 0 Å². The van der Waals surface area contributed by atoms with Crippen LogP contribution in [0.2, 0.25) is 0 Å². The molecular weight excluding hydrogens is 143 g/mol. The van der Waals surface area contributed by atoms with Crippen molar-refractivity contribution in [3.63, 3.8) is 0 Å². The highest BCUT2D eigenvalue weighted by Crippen LogP contribution is 2.41. The summed E-state index contributed by atoms with van der Waals surface area (Å²) in [6, 6.07) is 0. The first-order chi connectivity index (χ1) is 3.68. The third kappa shape index (κ3) is 2.20. The highest BCUT2D eigenvalue weighted by Gasteiger charge is 2.08. The van der Waals surface area contributed by atoms with Crippen molar-refractivity contribution >= 4 is 18.1 Å². The van der Waals surface area contributed by atoms with Crippen molar-refractivity contribution in [2.45, 2.75) is 0 Å². The van der Waals surface area contributed by atoms with E-state index in [0.717, 1.165) is 0 Å². The van der Waals surface area contributed by atoms with E-state index in [4.69, 9.17) is 27.8 Å². The lowest BCUT2D eigenvalue weighted by atomic mass is 11.5. The van der Waals surface area contributed by atoms with Gasteiger partial charge < -0.3 is 16.0 Å². The van der Waals surface area contributed by atoms with Gasteiger partial charge in [0, 0.05) is 19.7 Å². The molecule has 0 aliphatic carbocycles. The van der Waals surface area contributed by atoms with Gasteiger partial charge >= 0.3 is 0 Å². The second-order valence-electron chi connectivity index (χ2n) is 1.36. The van der Waals surface area contributed by atoms with Gasteiger partial charge in [0.25, 0.3) is 0 Å². The highest BCUT2D eigenvalue weighted by molar-refractivity contribution is 8.12. The van der Waals surface area contributed by atoms with Crippen LogP contribution in [0.4, 0.5) is 0 Å². The van der Waals surface area contributed by atoms with Crippen molar-refractivity contribution in [2.24, 2.45) is 11.5 Å². The van der Waals surface area contributed by atoms with E-state index in [9.17, 15) is 0 Å². The quantitative estimate of drug-likeness (QED) is 0.555. The molecule has 5 heteroatoms. The standard InChI is InChI=1S/C3H11N2OPS/c1-6-7(8,2-4)3-5/h2-5H2,1H3. The molecule has 4 N–H and O–H groups in total. The van der Waals surface area contributed by atoms with E-state index in [-0.39, 0.29) is 0 Å². The predicted octanol–water partition coefficient (Wildman–Crippen LogP) is -0.140. The molecule has 8 heavy (non-hydrogen) atoms. The molecule has 0 aromatic rings. The Bertz CT molecular complexity index is 88.4. The fourth-order valence-corrected chi connectivity index (χ4v) is 0.671. The van der Waals surface area contributed by atoms with Crippen LogP contribution in [0.5, 0.6) is 0 Å². The van der Waals surface area contributed by atoms with Gasteiger partial charge in [0.1, 0.15) is 0 Å². The van der Waals surface area contributed by atoms with Gasteiger partial charge in [-0.05, 0) is 0 Å². The van der Waals surface area contributed by atoms with Gasteiger partial charge in [-0.15, -0.1) is 0 Å². The Morgan fingerprint density at radius 2 is 1.88 bits per heavy atom. The molecule has 0 spiro atoms. The van der Waals surface area contributed by atoms with Crippen molar-refractivity contribution in [1.82, 2.24) is 0 Å². The predicted molar refractivity (Wildman–Crippen MR) is 39.4 cm³/mol. The Hall–Kier alpha value is 0.530. The minimum atomic E-state index is -1.77. The minimum Gasteiger partial charge on any atom is -0.351 e. The van der Waals surface area contributed by atoms with E-state index in [2.05, 4.69) is 0 Å². The minimum absolute atomic E-state index is 0.398. The van der Waals surface area contributed by atoms with Crippen LogP contribution in [0.1, 0.15) is 0 Å². The fraction of sp³-hybridized carbons (Fsp3) is 1.00. The molecule has 0 saturated heterocycles.